The van der Waals surface area contributed by atoms with Crippen LogP contribution in [0.5, 0.6) is 5.75 Å². The molecule has 35 heavy (non-hydrogen) atoms. The Bertz CT molecular complexity index is 1120. The highest BCUT2D eigenvalue weighted by Crippen LogP contribution is 2.27. The summed E-state index contributed by atoms with van der Waals surface area (Å²) in [6.07, 6.45) is 2.89. The molecule has 1 aliphatic rings. The zero-order valence-corrected chi connectivity index (χ0v) is 21.6. The van der Waals surface area contributed by atoms with Gasteiger partial charge in [0.15, 0.2) is 0 Å². The molecule has 7 heteroatoms. The van der Waals surface area contributed by atoms with Gasteiger partial charge in [0.25, 0.3) is 5.79 Å². The molecule has 186 valence electrons. The highest BCUT2D eigenvalue weighted by atomic mass is 32.2. The molecule has 2 aromatic carbocycles. The number of hydrogen-bond donors (Lipinski definition) is 0. The molecule has 0 bridgehead atoms. The Morgan fingerprint density at radius 1 is 1.06 bits per heavy atom. The third kappa shape index (κ3) is 6.10. The molecule has 0 unspecified atom stereocenters. The summed E-state index contributed by atoms with van der Waals surface area (Å²) >= 11 is 1.75. The summed E-state index contributed by atoms with van der Waals surface area (Å²) in [6, 6.07) is 21.1. The van der Waals surface area contributed by atoms with Crippen molar-refractivity contribution in [2.45, 2.75) is 37.5 Å². The minimum atomic E-state index is -1.31. The first-order valence-corrected chi connectivity index (χ1v) is 13.0. The van der Waals surface area contributed by atoms with Crippen LogP contribution in [0, 0.1) is 12.8 Å². The summed E-state index contributed by atoms with van der Waals surface area (Å²) in [5.41, 5.74) is 4.80. The second-order valence-corrected chi connectivity index (χ2v) is 9.74. The molecule has 0 radical (unpaired) electrons. The average Bonchev–Trinajstić information content (AvgIpc) is 3.26. The lowest BCUT2D eigenvalue weighted by Gasteiger charge is -2.35. The molecule has 0 spiro atoms. The standard InChI is InChI=1S/C28H33NO5S/c1-20-5-14-26(23-8-12-25(35-4)13-9-23)29(20)15-16-32-24-10-6-21(7-11-24)17-22-18-33-28(2,34-19-22)27(30)31-3/h5-14,22H,15-19H2,1-4H3/t22-,28-. The van der Waals surface area contributed by atoms with Gasteiger partial charge in [-0.15, -0.1) is 11.8 Å². The van der Waals surface area contributed by atoms with Crippen LogP contribution in [-0.4, -0.2) is 49.5 Å². The van der Waals surface area contributed by atoms with Gasteiger partial charge in [-0.25, -0.2) is 4.79 Å². The van der Waals surface area contributed by atoms with Crippen LogP contribution in [-0.2, 0) is 32.0 Å². The van der Waals surface area contributed by atoms with Crippen LogP contribution in [0.15, 0.2) is 65.6 Å². The fraction of sp³-hybridized carbons (Fsp3) is 0.393. The Morgan fingerprint density at radius 3 is 2.37 bits per heavy atom. The second kappa shape index (κ2) is 11.3. The van der Waals surface area contributed by atoms with Crippen LogP contribution in [0.2, 0.25) is 0 Å². The number of aromatic nitrogens is 1. The Kier molecular flexibility index (Phi) is 8.21. The number of carbonyl (C=O) groups is 1. The van der Waals surface area contributed by atoms with Crippen LogP contribution in [0.3, 0.4) is 0 Å². The molecule has 4 rings (SSSR count). The van der Waals surface area contributed by atoms with Gasteiger partial charge in [0.1, 0.15) is 12.4 Å². The normalized spacial score (nSPS) is 19.9. The maximum absolute atomic E-state index is 11.8. The van der Waals surface area contributed by atoms with Gasteiger partial charge in [-0.2, -0.15) is 0 Å². The summed E-state index contributed by atoms with van der Waals surface area (Å²) in [4.78, 5) is 13.1. The first-order chi connectivity index (χ1) is 16.9. The molecule has 0 atom stereocenters. The molecule has 0 saturated carbocycles. The smallest absolute Gasteiger partial charge is 0.366 e. The minimum absolute atomic E-state index is 0.180. The molecular weight excluding hydrogens is 462 g/mol. The van der Waals surface area contributed by atoms with Crippen molar-refractivity contribution in [1.82, 2.24) is 4.57 Å². The van der Waals surface area contributed by atoms with E-state index in [-0.39, 0.29) is 5.92 Å². The fourth-order valence-electron chi connectivity index (χ4n) is 4.25. The van der Waals surface area contributed by atoms with Crippen LogP contribution >= 0.6 is 11.8 Å². The number of esters is 1. The fourth-order valence-corrected chi connectivity index (χ4v) is 4.66. The molecule has 1 aliphatic heterocycles. The van der Waals surface area contributed by atoms with Gasteiger partial charge in [0.2, 0.25) is 0 Å². The molecule has 1 saturated heterocycles. The van der Waals surface area contributed by atoms with Crippen molar-refractivity contribution < 1.29 is 23.7 Å². The molecule has 1 fully saturated rings. The number of benzene rings is 2. The Hall–Kier alpha value is -2.74. The van der Waals surface area contributed by atoms with Crippen molar-refractivity contribution in [3.63, 3.8) is 0 Å². The van der Waals surface area contributed by atoms with Gasteiger partial charge in [0.05, 0.1) is 26.9 Å². The highest BCUT2D eigenvalue weighted by molar-refractivity contribution is 7.98. The van der Waals surface area contributed by atoms with E-state index in [2.05, 4.69) is 66.3 Å². The van der Waals surface area contributed by atoms with Crippen molar-refractivity contribution in [3.05, 3.63) is 71.9 Å². The quantitative estimate of drug-likeness (QED) is 0.294. The third-order valence-corrected chi connectivity index (χ3v) is 7.10. The Morgan fingerprint density at radius 2 is 1.74 bits per heavy atom. The molecule has 2 heterocycles. The number of rotatable bonds is 9. The summed E-state index contributed by atoms with van der Waals surface area (Å²) in [5, 5.41) is 0. The molecule has 3 aromatic rings. The lowest BCUT2D eigenvalue weighted by Crippen LogP contribution is -2.48. The second-order valence-electron chi connectivity index (χ2n) is 8.86. The number of methoxy groups -OCH3 is 1. The van der Waals surface area contributed by atoms with E-state index in [0.717, 1.165) is 18.7 Å². The zero-order chi connectivity index (χ0) is 24.8. The Labute approximate surface area is 211 Å². The maximum Gasteiger partial charge on any atom is 0.366 e. The van der Waals surface area contributed by atoms with Crippen molar-refractivity contribution in [3.8, 4) is 17.0 Å². The monoisotopic (exact) mass is 495 g/mol. The van der Waals surface area contributed by atoms with Crippen molar-refractivity contribution in [2.75, 3.05) is 33.2 Å². The number of thioether (sulfide) groups is 1. The Balaban J connectivity index is 1.28. The van der Waals surface area contributed by atoms with E-state index in [1.54, 1.807) is 18.7 Å². The zero-order valence-electron chi connectivity index (χ0n) is 20.8. The van der Waals surface area contributed by atoms with Crippen LogP contribution in [0.25, 0.3) is 11.3 Å². The summed E-state index contributed by atoms with van der Waals surface area (Å²) in [7, 11) is 1.33. The lowest BCUT2D eigenvalue weighted by molar-refractivity contribution is -0.272. The van der Waals surface area contributed by atoms with E-state index in [1.165, 1.54) is 34.5 Å². The number of carbonyl (C=O) groups excluding carboxylic acids is 1. The average molecular weight is 496 g/mol. The molecule has 0 amide bonds. The van der Waals surface area contributed by atoms with Gasteiger partial charge >= 0.3 is 5.97 Å². The van der Waals surface area contributed by atoms with Crippen LogP contribution in [0.4, 0.5) is 0 Å². The number of ether oxygens (including phenoxy) is 4. The topological polar surface area (TPSA) is 58.9 Å². The van der Waals surface area contributed by atoms with Crippen molar-refractivity contribution >= 4 is 17.7 Å². The molecule has 1 aromatic heterocycles. The SMILES string of the molecule is COC(=O)[C@]1(C)OC[C@@H](Cc2ccc(OCCn3c(C)ccc3-c3ccc(SC)cc3)cc2)CO1. The molecular formula is C28H33NO5S. The first-order valence-electron chi connectivity index (χ1n) is 11.8. The van der Waals surface area contributed by atoms with E-state index < -0.39 is 11.8 Å². The van der Waals surface area contributed by atoms with Gasteiger partial charge in [-0.3, -0.25) is 0 Å². The minimum Gasteiger partial charge on any atom is -0.492 e. The van der Waals surface area contributed by atoms with E-state index in [1.807, 2.05) is 12.1 Å². The summed E-state index contributed by atoms with van der Waals surface area (Å²) in [5.74, 6) is -0.787. The lowest BCUT2D eigenvalue weighted by atomic mass is 9.99. The highest BCUT2D eigenvalue weighted by Gasteiger charge is 2.41. The number of nitrogens with zero attached hydrogens (tertiary/aromatic N) is 1. The molecule has 0 N–H and O–H groups in total. The van der Waals surface area contributed by atoms with Gasteiger partial charge in [-0.05, 0) is 67.1 Å². The van der Waals surface area contributed by atoms with E-state index in [9.17, 15) is 4.79 Å². The maximum atomic E-state index is 11.8. The van der Waals surface area contributed by atoms with Gasteiger partial charge < -0.3 is 23.5 Å². The number of aryl methyl sites for hydroxylation is 1. The van der Waals surface area contributed by atoms with Crippen LogP contribution < -0.4 is 4.74 Å². The number of hydrogen-bond acceptors (Lipinski definition) is 6. The van der Waals surface area contributed by atoms with Gasteiger partial charge in [0, 0.05) is 29.1 Å². The van der Waals surface area contributed by atoms with Crippen molar-refractivity contribution in [1.29, 1.82) is 0 Å². The third-order valence-electron chi connectivity index (χ3n) is 6.36. The van der Waals surface area contributed by atoms with Gasteiger partial charge in [-0.1, -0.05) is 24.3 Å². The largest absolute Gasteiger partial charge is 0.492 e. The molecule has 6 nitrogen and oxygen atoms in total. The van der Waals surface area contributed by atoms with E-state index in [0.29, 0.717) is 19.8 Å². The van der Waals surface area contributed by atoms with E-state index in [4.69, 9.17) is 18.9 Å². The molecule has 0 aliphatic carbocycles. The van der Waals surface area contributed by atoms with Crippen LogP contribution in [0.1, 0.15) is 18.2 Å². The predicted molar refractivity (Wildman–Crippen MR) is 138 cm³/mol. The van der Waals surface area contributed by atoms with E-state index >= 15 is 0 Å². The summed E-state index contributed by atoms with van der Waals surface area (Å²) < 4.78 is 24.4. The van der Waals surface area contributed by atoms with Crippen molar-refractivity contribution in [2.24, 2.45) is 5.92 Å². The first kappa shape index (κ1) is 25.4. The predicted octanol–water partition coefficient (Wildman–Crippen LogP) is 5.36. The summed E-state index contributed by atoms with van der Waals surface area (Å²) in [6.45, 7) is 5.98.